The van der Waals surface area contributed by atoms with Gasteiger partial charge in [0.25, 0.3) is 5.56 Å². The molecule has 0 saturated carbocycles. The molecule has 0 fully saturated rings. The Bertz CT molecular complexity index is 936. The number of aromatic hydroxyl groups is 1. The van der Waals surface area contributed by atoms with Crippen LogP contribution < -0.4 is 21.5 Å². The van der Waals surface area contributed by atoms with E-state index in [1.807, 2.05) is 0 Å². The van der Waals surface area contributed by atoms with Crippen molar-refractivity contribution in [2.24, 2.45) is 0 Å². The number of aromatic amines is 4. The van der Waals surface area contributed by atoms with E-state index < -0.39 is 23.0 Å². The Hall–Kier alpha value is -3.29. The summed E-state index contributed by atoms with van der Waals surface area (Å²) in [4.78, 5) is 27.6. The molecular weight excluding hydrogens is 300 g/mol. The van der Waals surface area contributed by atoms with Crippen LogP contribution in [0.5, 0.6) is 11.8 Å². The number of benzene rings is 1. The molecule has 0 spiro atoms. The van der Waals surface area contributed by atoms with Gasteiger partial charge >= 0.3 is 11.6 Å². The molecule has 2 heterocycles. The highest BCUT2D eigenvalue weighted by Crippen LogP contribution is 2.36. The molecule has 0 aliphatic rings. The SMILES string of the molecule is Cc1[nH][nH+]c(O)c1[C@@H](c1ccccc1)c1c([O-])[nH]c(=O)[nH]c1=O. The first-order valence-electron chi connectivity index (χ1n) is 6.86. The first kappa shape index (κ1) is 14.6. The van der Waals surface area contributed by atoms with Gasteiger partial charge in [0.1, 0.15) is 5.56 Å². The molecule has 0 aliphatic carbocycles. The molecule has 0 saturated heterocycles. The molecule has 0 aliphatic heterocycles. The lowest BCUT2D eigenvalue weighted by Crippen LogP contribution is -2.30. The van der Waals surface area contributed by atoms with Crippen LogP contribution in [0, 0.1) is 6.92 Å². The average molecular weight is 314 g/mol. The van der Waals surface area contributed by atoms with E-state index in [1.54, 1.807) is 37.3 Å². The Balaban J connectivity index is 2.35. The molecule has 3 rings (SSSR count). The first-order chi connectivity index (χ1) is 11.0. The molecule has 1 atom stereocenters. The summed E-state index contributed by atoms with van der Waals surface area (Å²) >= 11 is 0. The van der Waals surface area contributed by atoms with Crippen molar-refractivity contribution in [2.75, 3.05) is 0 Å². The third-order valence-corrected chi connectivity index (χ3v) is 3.68. The van der Waals surface area contributed by atoms with Gasteiger partial charge in [-0.1, -0.05) is 35.4 Å². The summed E-state index contributed by atoms with van der Waals surface area (Å²) in [5, 5.41) is 27.6. The molecule has 1 aromatic carbocycles. The second-order valence-corrected chi connectivity index (χ2v) is 5.13. The van der Waals surface area contributed by atoms with Crippen LogP contribution in [0.15, 0.2) is 39.9 Å². The Morgan fingerprint density at radius 3 is 2.39 bits per heavy atom. The van der Waals surface area contributed by atoms with E-state index in [9.17, 15) is 19.8 Å². The summed E-state index contributed by atoms with van der Waals surface area (Å²) in [5.74, 6) is -1.79. The standard InChI is InChI=1S/C15H14N4O4/c1-7-9(14(22)19-18-7)10(8-5-3-2-4-6-8)11-12(20)16-15(23)17-13(11)21/h2-6,10H,1H3,(H2,18,19,22)(H3,16,17,20,21,23)/t10-/m1/s1. The van der Waals surface area contributed by atoms with Crippen molar-refractivity contribution in [3.63, 3.8) is 0 Å². The quantitative estimate of drug-likeness (QED) is 0.516. The lowest BCUT2D eigenvalue weighted by Gasteiger charge is -2.20. The highest BCUT2D eigenvalue weighted by Gasteiger charge is 2.30. The Morgan fingerprint density at radius 2 is 1.83 bits per heavy atom. The second-order valence-electron chi connectivity index (χ2n) is 5.13. The molecule has 0 unspecified atom stereocenters. The van der Waals surface area contributed by atoms with E-state index in [4.69, 9.17) is 0 Å². The molecule has 3 aromatic rings. The van der Waals surface area contributed by atoms with E-state index in [1.165, 1.54) is 0 Å². The van der Waals surface area contributed by atoms with Gasteiger partial charge in [-0.25, -0.2) is 4.79 Å². The van der Waals surface area contributed by atoms with E-state index in [0.717, 1.165) is 0 Å². The minimum absolute atomic E-state index is 0.165. The molecule has 0 bridgehead atoms. The van der Waals surface area contributed by atoms with Crippen LogP contribution in [-0.2, 0) is 0 Å². The molecular formula is C15H14N4O4. The van der Waals surface area contributed by atoms with E-state index in [2.05, 4.69) is 20.2 Å². The van der Waals surface area contributed by atoms with E-state index in [-0.39, 0.29) is 11.4 Å². The van der Waals surface area contributed by atoms with Gasteiger partial charge < -0.3 is 15.2 Å². The zero-order valence-electron chi connectivity index (χ0n) is 12.1. The van der Waals surface area contributed by atoms with Crippen molar-refractivity contribution in [3.05, 3.63) is 73.6 Å². The minimum Gasteiger partial charge on any atom is -0.860 e. The summed E-state index contributed by atoms with van der Waals surface area (Å²) in [7, 11) is 0. The van der Waals surface area contributed by atoms with Crippen molar-refractivity contribution in [1.29, 1.82) is 0 Å². The largest absolute Gasteiger partial charge is 0.860 e. The molecule has 118 valence electrons. The number of rotatable bonds is 3. The Kier molecular flexibility index (Phi) is 3.49. The fourth-order valence-corrected chi connectivity index (χ4v) is 2.68. The normalized spacial score (nSPS) is 12.2. The van der Waals surface area contributed by atoms with Gasteiger partial charge in [-0.3, -0.25) is 9.78 Å². The van der Waals surface area contributed by atoms with Gasteiger partial charge in [-0.05, 0) is 18.4 Å². The molecule has 2 aromatic heterocycles. The predicted octanol–water partition coefficient (Wildman–Crippen LogP) is -0.527. The van der Waals surface area contributed by atoms with Crippen molar-refractivity contribution in [3.8, 4) is 11.8 Å². The van der Waals surface area contributed by atoms with E-state index in [0.29, 0.717) is 16.8 Å². The zero-order valence-corrected chi connectivity index (χ0v) is 12.1. The summed E-state index contributed by atoms with van der Waals surface area (Å²) in [6.07, 6.45) is 0. The summed E-state index contributed by atoms with van der Waals surface area (Å²) < 4.78 is 0. The van der Waals surface area contributed by atoms with Gasteiger partial charge in [0.15, 0.2) is 0 Å². The average Bonchev–Trinajstić information content (AvgIpc) is 2.83. The van der Waals surface area contributed by atoms with Crippen LogP contribution in [0.25, 0.3) is 0 Å². The molecule has 23 heavy (non-hydrogen) atoms. The molecule has 8 nitrogen and oxygen atoms in total. The van der Waals surface area contributed by atoms with Gasteiger partial charge in [0.05, 0.1) is 11.6 Å². The summed E-state index contributed by atoms with van der Waals surface area (Å²) in [6.45, 7) is 1.70. The van der Waals surface area contributed by atoms with E-state index >= 15 is 0 Å². The summed E-state index contributed by atoms with van der Waals surface area (Å²) in [6, 6.07) is 8.79. The van der Waals surface area contributed by atoms with Crippen LogP contribution in [0.1, 0.15) is 28.3 Å². The molecule has 8 heteroatoms. The molecule has 0 radical (unpaired) electrons. The predicted molar refractivity (Wildman–Crippen MR) is 78.3 cm³/mol. The molecule has 5 N–H and O–H groups in total. The van der Waals surface area contributed by atoms with Crippen molar-refractivity contribution >= 4 is 0 Å². The van der Waals surface area contributed by atoms with Crippen molar-refractivity contribution in [1.82, 2.24) is 15.1 Å². The summed E-state index contributed by atoms with van der Waals surface area (Å²) in [5.41, 5.74) is -0.243. The van der Waals surface area contributed by atoms with Crippen LogP contribution >= 0.6 is 0 Å². The van der Waals surface area contributed by atoms with Crippen molar-refractivity contribution < 1.29 is 15.3 Å². The van der Waals surface area contributed by atoms with Gasteiger partial charge in [0, 0.05) is 5.56 Å². The second kappa shape index (κ2) is 5.48. The highest BCUT2D eigenvalue weighted by molar-refractivity contribution is 5.48. The van der Waals surface area contributed by atoms with Crippen LogP contribution in [-0.4, -0.2) is 20.2 Å². The lowest BCUT2D eigenvalue weighted by atomic mass is 9.86. The number of nitrogens with one attached hydrogen (secondary N) is 4. The van der Waals surface area contributed by atoms with Crippen LogP contribution in [0.4, 0.5) is 0 Å². The Labute approximate surface area is 129 Å². The van der Waals surface area contributed by atoms with Gasteiger partial charge in [-0.15, -0.1) is 0 Å². The van der Waals surface area contributed by atoms with Crippen molar-refractivity contribution in [2.45, 2.75) is 12.8 Å². The fraction of sp³-hybridized carbons (Fsp3) is 0.133. The topological polar surface area (TPSA) is 139 Å². The monoisotopic (exact) mass is 314 g/mol. The molecule has 0 amide bonds. The third-order valence-electron chi connectivity index (χ3n) is 3.68. The Morgan fingerprint density at radius 1 is 1.13 bits per heavy atom. The van der Waals surface area contributed by atoms with Crippen LogP contribution in [0.3, 0.4) is 0 Å². The minimum atomic E-state index is -0.864. The third kappa shape index (κ3) is 2.50. The maximum absolute atomic E-state index is 12.2. The highest BCUT2D eigenvalue weighted by atomic mass is 16.3. The zero-order chi connectivity index (χ0) is 16.6. The smallest absolute Gasteiger partial charge is 0.393 e. The number of hydrogen-bond donors (Lipinski definition) is 4. The fourth-order valence-electron chi connectivity index (χ4n) is 2.68. The maximum atomic E-state index is 12.2. The van der Waals surface area contributed by atoms with Crippen LogP contribution in [0.2, 0.25) is 0 Å². The first-order valence-corrected chi connectivity index (χ1v) is 6.86. The maximum Gasteiger partial charge on any atom is 0.393 e. The number of hydrogen-bond acceptors (Lipinski definition) is 4. The van der Waals surface area contributed by atoms with Gasteiger partial charge in [0.2, 0.25) is 0 Å². The lowest BCUT2D eigenvalue weighted by molar-refractivity contribution is -0.462. The number of aromatic nitrogens is 4. The number of H-pyrrole nitrogens is 4. The van der Waals surface area contributed by atoms with Gasteiger partial charge in [-0.2, -0.15) is 5.10 Å². The number of aryl methyl sites for hydroxylation is 1.